The van der Waals surface area contributed by atoms with Gasteiger partial charge in [0.15, 0.2) is 0 Å². The molecular weight excluding hydrogens is 418 g/mol. The monoisotopic (exact) mass is 443 g/mol. The van der Waals surface area contributed by atoms with E-state index in [0.717, 1.165) is 6.42 Å². The van der Waals surface area contributed by atoms with Gasteiger partial charge in [-0.2, -0.15) is 0 Å². The van der Waals surface area contributed by atoms with Gasteiger partial charge in [-0.1, -0.05) is 55.5 Å². The molecule has 0 saturated carbocycles. The lowest BCUT2D eigenvalue weighted by Crippen LogP contribution is -2.29. The van der Waals surface area contributed by atoms with E-state index in [0.29, 0.717) is 34.9 Å². The minimum absolute atomic E-state index is 0.000921. The minimum atomic E-state index is -0.858. The van der Waals surface area contributed by atoms with Gasteiger partial charge in [0.2, 0.25) is 0 Å². The van der Waals surface area contributed by atoms with Gasteiger partial charge >= 0.3 is 0 Å². The lowest BCUT2D eigenvalue weighted by atomic mass is 9.94. The quantitative estimate of drug-likeness (QED) is 0.312. The molecule has 0 radical (unpaired) electrons. The van der Waals surface area contributed by atoms with E-state index in [9.17, 15) is 14.7 Å². The van der Waals surface area contributed by atoms with Gasteiger partial charge in [-0.05, 0) is 36.8 Å². The number of aliphatic hydroxyl groups excluding tert-OH is 1. The Hall–Kier alpha value is -4.06. The van der Waals surface area contributed by atoms with Crippen LogP contribution in [0.25, 0.3) is 5.76 Å². The number of anilines is 1. The van der Waals surface area contributed by atoms with Crippen molar-refractivity contribution >= 4 is 23.1 Å². The summed E-state index contributed by atoms with van der Waals surface area (Å²) in [4.78, 5) is 27.9. The first-order chi connectivity index (χ1) is 16.1. The van der Waals surface area contributed by atoms with Gasteiger partial charge < -0.3 is 14.6 Å². The van der Waals surface area contributed by atoms with Crippen LogP contribution in [0, 0.1) is 0 Å². The van der Waals surface area contributed by atoms with Crippen molar-refractivity contribution in [3.8, 4) is 11.5 Å². The molecule has 4 rings (SSSR count). The molecule has 1 atom stereocenters. The SMILES string of the molecule is CCCOc1cccc(/C(O)=C2/C(=O)C(=O)N(c3ccccc3)C2c2ccccc2OC)c1. The molecule has 6 heteroatoms. The van der Waals surface area contributed by atoms with Crippen LogP contribution in [0.15, 0.2) is 84.4 Å². The van der Waals surface area contributed by atoms with Gasteiger partial charge in [-0.15, -0.1) is 0 Å². The second kappa shape index (κ2) is 9.61. The van der Waals surface area contributed by atoms with Gasteiger partial charge in [-0.3, -0.25) is 14.5 Å². The van der Waals surface area contributed by atoms with Crippen molar-refractivity contribution in [3.05, 3.63) is 95.6 Å². The lowest BCUT2D eigenvalue weighted by molar-refractivity contribution is -0.132. The number of methoxy groups -OCH3 is 1. The molecule has 3 aromatic carbocycles. The van der Waals surface area contributed by atoms with Crippen LogP contribution < -0.4 is 14.4 Å². The first-order valence-electron chi connectivity index (χ1n) is 10.8. The highest BCUT2D eigenvalue weighted by Crippen LogP contribution is 2.44. The average Bonchev–Trinajstić information content (AvgIpc) is 3.13. The van der Waals surface area contributed by atoms with Crippen LogP contribution in [-0.4, -0.2) is 30.5 Å². The van der Waals surface area contributed by atoms with Gasteiger partial charge in [0.25, 0.3) is 11.7 Å². The summed E-state index contributed by atoms with van der Waals surface area (Å²) >= 11 is 0. The molecule has 1 aliphatic heterocycles. The van der Waals surface area contributed by atoms with E-state index in [-0.39, 0.29) is 11.3 Å². The number of para-hydroxylation sites is 2. The molecule has 33 heavy (non-hydrogen) atoms. The second-order valence-corrected chi connectivity index (χ2v) is 7.62. The van der Waals surface area contributed by atoms with Crippen LogP contribution >= 0.6 is 0 Å². The first kappa shape index (κ1) is 22.1. The largest absolute Gasteiger partial charge is 0.507 e. The van der Waals surface area contributed by atoms with Crippen molar-refractivity contribution < 1.29 is 24.2 Å². The Bertz CT molecular complexity index is 1200. The van der Waals surface area contributed by atoms with Crippen LogP contribution in [0.4, 0.5) is 5.69 Å². The maximum absolute atomic E-state index is 13.3. The smallest absolute Gasteiger partial charge is 0.300 e. The zero-order valence-corrected chi connectivity index (χ0v) is 18.5. The molecule has 0 aromatic heterocycles. The van der Waals surface area contributed by atoms with E-state index < -0.39 is 17.7 Å². The molecule has 1 amide bonds. The summed E-state index contributed by atoms with van der Waals surface area (Å²) in [6.07, 6.45) is 0.839. The zero-order valence-electron chi connectivity index (χ0n) is 18.5. The van der Waals surface area contributed by atoms with Crippen molar-refractivity contribution in [1.29, 1.82) is 0 Å². The van der Waals surface area contributed by atoms with Crippen molar-refractivity contribution in [2.45, 2.75) is 19.4 Å². The third-order valence-electron chi connectivity index (χ3n) is 5.49. The number of carbonyl (C=O) groups excluding carboxylic acids is 2. The molecule has 1 heterocycles. The van der Waals surface area contributed by atoms with E-state index in [4.69, 9.17) is 9.47 Å². The number of rotatable bonds is 7. The van der Waals surface area contributed by atoms with Crippen molar-refractivity contribution in [3.63, 3.8) is 0 Å². The van der Waals surface area contributed by atoms with Crippen LogP contribution in [0.3, 0.4) is 0 Å². The Balaban J connectivity index is 1.92. The van der Waals surface area contributed by atoms with Gasteiger partial charge in [-0.25, -0.2) is 0 Å². The van der Waals surface area contributed by atoms with E-state index in [1.165, 1.54) is 12.0 Å². The third kappa shape index (κ3) is 4.20. The van der Waals surface area contributed by atoms with Crippen molar-refractivity contribution in [2.75, 3.05) is 18.6 Å². The summed E-state index contributed by atoms with van der Waals surface area (Å²) in [5.41, 5.74) is 1.55. The van der Waals surface area contributed by atoms with E-state index in [1.807, 2.05) is 25.1 Å². The fourth-order valence-corrected chi connectivity index (χ4v) is 3.98. The lowest BCUT2D eigenvalue weighted by Gasteiger charge is -2.26. The third-order valence-corrected chi connectivity index (χ3v) is 5.49. The van der Waals surface area contributed by atoms with Gasteiger partial charge in [0, 0.05) is 16.8 Å². The predicted molar refractivity (Wildman–Crippen MR) is 126 cm³/mol. The molecular formula is C27H25NO5. The summed E-state index contributed by atoms with van der Waals surface area (Å²) in [7, 11) is 1.53. The number of carbonyl (C=O) groups is 2. The number of benzene rings is 3. The molecule has 0 aliphatic carbocycles. The Morgan fingerprint density at radius 3 is 2.42 bits per heavy atom. The maximum Gasteiger partial charge on any atom is 0.300 e. The molecule has 1 saturated heterocycles. The Labute approximate surface area is 192 Å². The highest BCUT2D eigenvalue weighted by molar-refractivity contribution is 6.51. The van der Waals surface area contributed by atoms with Crippen molar-refractivity contribution in [2.24, 2.45) is 0 Å². The fourth-order valence-electron chi connectivity index (χ4n) is 3.98. The Morgan fingerprint density at radius 2 is 1.70 bits per heavy atom. The number of ketones is 1. The molecule has 1 N–H and O–H groups in total. The number of nitrogens with zero attached hydrogens (tertiary/aromatic N) is 1. The zero-order chi connectivity index (χ0) is 23.4. The summed E-state index contributed by atoms with van der Waals surface area (Å²) < 4.78 is 11.2. The molecule has 168 valence electrons. The fraction of sp³-hybridized carbons (Fsp3) is 0.185. The highest BCUT2D eigenvalue weighted by Gasteiger charge is 2.47. The van der Waals surface area contributed by atoms with Crippen LogP contribution in [-0.2, 0) is 9.59 Å². The molecule has 1 unspecified atom stereocenters. The summed E-state index contributed by atoms with van der Waals surface area (Å²) in [6.45, 7) is 2.53. The van der Waals surface area contributed by atoms with E-state index >= 15 is 0 Å². The Morgan fingerprint density at radius 1 is 0.970 bits per heavy atom. The predicted octanol–water partition coefficient (Wildman–Crippen LogP) is 5.11. The summed E-state index contributed by atoms with van der Waals surface area (Å²) in [5.74, 6) is -0.642. The van der Waals surface area contributed by atoms with Crippen LogP contribution in [0.5, 0.6) is 11.5 Å². The minimum Gasteiger partial charge on any atom is -0.507 e. The highest BCUT2D eigenvalue weighted by atomic mass is 16.5. The number of ether oxygens (including phenoxy) is 2. The average molecular weight is 443 g/mol. The van der Waals surface area contributed by atoms with E-state index in [1.54, 1.807) is 60.7 Å². The normalized spacial score (nSPS) is 17.3. The molecule has 0 bridgehead atoms. The van der Waals surface area contributed by atoms with Gasteiger partial charge in [0.05, 0.1) is 25.3 Å². The van der Waals surface area contributed by atoms with Crippen LogP contribution in [0.2, 0.25) is 0 Å². The number of amides is 1. The van der Waals surface area contributed by atoms with E-state index in [2.05, 4.69) is 0 Å². The standard InChI is InChI=1S/C27H25NO5/c1-3-16-33-20-13-9-10-18(17-20)25(29)23-24(21-14-7-8-15-22(21)32-2)28(27(31)26(23)30)19-11-5-4-6-12-19/h4-15,17,24,29H,3,16H2,1-2H3/b25-23-. The first-order valence-corrected chi connectivity index (χ1v) is 10.8. The molecule has 6 nitrogen and oxygen atoms in total. The van der Waals surface area contributed by atoms with Crippen LogP contribution in [0.1, 0.15) is 30.5 Å². The summed E-state index contributed by atoms with van der Waals surface area (Å²) in [6, 6.07) is 22.1. The molecule has 1 aliphatic rings. The Kier molecular flexibility index (Phi) is 6.45. The topological polar surface area (TPSA) is 76.1 Å². The number of aliphatic hydroxyl groups is 1. The molecule has 0 spiro atoms. The molecule has 1 fully saturated rings. The van der Waals surface area contributed by atoms with Gasteiger partial charge in [0.1, 0.15) is 17.3 Å². The van der Waals surface area contributed by atoms with Crippen molar-refractivity contribution in [1.82, 2.24) is 0 Å². The number of Topliss-reactive ketones (excluding diaryl/α,β-unsaturated/α-hetero) is 1. The maximum atomic E-state index is 13.3. The second-order valence-electron chi connectivity index (χ2n) is 7.62. The number of hydrogen-bond acceptors (Lipinski definition) is 5. The molecule has 3 aromatic rings. The number of hydrogen-bond donors (Lipinski definition) is 1. The summed E-state index contributed by atoms with van der Waals surface area (Å²) in [5, 5.41) is 11.3.